The molecule has 0 aliphatic carbocycles. The number of carbonyl (C=O) groups is 4. The number of aromatic carboxylic acids is 2. The van der Waals surface area contributed by atoms with Crippen LogP contribution >= 0.6 is 0 Å². The number of benzene rings is 2. The van der Waals surface area contributed by atoms with Gasteiger partial charge in [0.15, 0.2) is 0 Å². The van der Waals surface area contributed by atoms with E-state index in [1.54, 1.807) is 0 Å². The Balaban J connectivity index is 2.14. The summed E-state index contributed by atoms with van der Waals surface area (Å²) in [4.78, 5) is 45.4. The lowest BCUT2D eigenvalue weighted by Crippen LogP contribution is -2.37. The molecule has 2 aromatic carbocycles. The normalized spacial score (nSPS) is 12.6. The number of carboxylic acid groups (broad SMARTS) is 4. The summed E-state index contributed by atoms with van der Waals surface area (Å²) in [5, 5.41) is 62.0. The molecule has 170 valence electrons. The second-order valence-electron chi connectivity index (χ2n) is 6.61. The fraction of sp³-hybridized carbons (Fsp3) is 0.200. The van der Waals surface area contributed by atoms with Gasteiger partial charge in [-0.3, -0.25) is 20.2 Å². The maximum absolute atomic E-state index is 11.6. The van der Waals surface area contributed by atoms with Crippen molar-refractivity contribution in [3.05, 3.63) is 58.7 Å². The van der Waals surface area contributed by atoms with Crippen LogP contribution in [0.25, 0.3) is 0 Å². The van der Waals surface area contributed by atoms with Crippen molar-refractivity contribution in [3.63, 3.8) is 0 Å². The lowest BCUT2D eigenvalue weighted by atomic mass is 10.0. The summed E-state index contributed by atoms with van der Waals surface area (Å²) in [6.07, 6.45) is 0. The molecule has 8 N–H and O–H groups in total. The number of phenols is 2. The van der Waals surface area contributed by atoms with Crippen LogP contribution < -0.4 is 10.6 Å². The summed E-state index contributed by atoms with van der Waals surface area (Å²) < 4.78 is 0. The van der Waals surface area contributed by atoms with E-state index < -0.39 is 47.5 Å². The Labute approximate surface area is 180 Å². The Morgan fingerprint density at radius 3 is 1.28 bits per heavy atom. The van der Waals surface area contributed by atoms with E-state index >= 15 is 0 Å². The molecule has 0 amide bonds. The van der Waals surface area contributed by atoms with Crippen molar-refractivity contribution in [1.29, 1.82) is 0 Å². The molecule has 12 nitrogen and oxygen atoms in total. The third-order valence-corrected chi connectivity index (χ3v) is 4.49. The van der Waals surface area contributed by atoms with Crippen molar-refractivity contribution in [3.8, 4) is 11.5 Å². The molecule has 0 aromatic heterocycles. The fourth-order valence-electron chi connectivity index (χ4n) is 2.93. The van der Waals surface area contributed by atoms with Gasteiger partial charge in [0.2, 0.25) is 0 Å². The zero-order chi connectivity index (χ0) is 24.0. The van der Waals surface area contributed by atoms with Gasteiger partial charge in [-0.25, -0.2) is 9.59 Å². The second kappa shape index (κ2) is 10.2. The molecule has 0 saturated carbocycles. The molecule has 2 atom stereocenters. The van der Waals surface area contributed by atoms with Crippen LogP contribution in [0, 0.1) is 0 Å². The molecule has 2 unspecified atom stereocenters. The standard InChI is InChI=1S/C20H20N2O10/c23-13-3-1-9(17(25)26)7-11(13)15(19(29)30)21-5-6-22-16(20(31)32)12-8-10(18(27)28)2-4-14(12)24/h1-4,7-8,15-16,21-24H,5-6H2,(H,25,26)(H,27,28)(H,29,30)(H,31,32). The van der Waals surface area contributed by atoms with Gasteiger partial charge in [-0.2, -0.15) is 0 Å². The molecular formula is C20H20N2O10. The molecule has 0 heterocycles. The first-order valence-electron chi connectivity index (χ1n) is 9.07. The lowest BCUT2D eigenvalue weighted by Gasteiger charge is -2.19. The molecule has 12 heteroatoms. The molecule has 0 aliphatic rings. The summed E-state index contributed by atoms with van der Waals surface area (Å²) >= 11 is 0. The van der Waals surface area contributed by atoms with Crippen molar-refractivity contribution >= 4 is 23.9 Å². The molecule has 32 heavy (non-hydrogen) atoms. The van der Waals surface area contributed by atoms with Gasteiger partial charge in [0.1, 0.15) is 23.6 Å². The highest BCUT2D eigenvalue weighted by Gasteiger charge is 2.26. The second-order valence-corrected chi connectivity index (χ2v) is 6.61. The number of aromatic hydroxyl groups is 2. The highest BCUT2D eigenvalue weighted by Crippen LogP contribution is 2.27. The van der Waals surface area contributed by atoms with Gasteiger partial charge in [-0.1, -0.05) is 0 Å². The van der Waals surface area contributed by atoms with Crippen LogP contribution in [0.2, 0.25) is 0 Å². The zero-order valence-electron chi connectivity index (χ0n) is 16.3. The monoisotopic (exact) mass is 448 g/mol. The predicted molar refractivity (Wildman–Crippen MR) is 107 cm³/mol. The molecule has 0 radical (unpaired) electrons. The van der Waals surface area contributed by atoms with Gasteiger partial charge < -0.3 is 30.6 Å². The van der Waals surface area contributed by atoms with E-state index in [1.165, 1.54) is 0 Å². The fourth-order valence-corrected chi connectivity index (χ4v) is 2.93. The Bertz CT molecular complexity index is 969. The predicted octanol–water partition coefficient (Wildman–Crippen LogP) is 0.625. The van der Waals surface area contributed by atoms with Crippen LogP contribution in [-0.2, 0) is 9.59 Å². The van der Waals surface area contributed by atoms with E-state index in [2.05, 4.69) is 10.6 Å². The van der Waals surface area contributed by atoms with Crippen molar-refractivity contribution in [1.82, 2.24) is 10.6 Å². The van der Waals surface area contributed by atoms with Crippen LogP contribution in [0.3, 0.4) is 0 Å². The minimum atomic E-state index is -1.50. The summed E-state index contributed by atoms with van der Waals surface area (Å²) in [7, 11) is 0. The van der Waals surface area contributed by atoms with Crippen LogP contribution in [0.1, 0.15) is 43.9 Å². The van der Waals surface area contributed by atoms with E-state index in [1.807, 2.05) is 0 Å². The molecule has 0 spiro atoms. The Morgan fingerprint density at radius 2 is 1.00 bits per heavy atom. The van der Waals surface area contributed by atoms with Gasteiger partial charge in [-0.05, 0) is 36.4 Å². The van der Waals surface area contributed by atoms with Gasteiger partial charge >= 0.3 is 23.9 Å². The van der Waals surface area contributed by atoms with E-state index in [4.69, 9.17) is 10.2 Å². The van der Waals surface area contributed by atoms with Gasteiger partial charge in [0, 0.05) is 24.2 Å². The average Bonchev–Trinajstić information content (AvgIpc) is 2.71. The first-order valence-corrected chi connectivity index (χ1v) is 9.07. The maximum Gasteiger partial charge on any atom is 0.335 e. The number of aliphatic carboxylic acids is 2. The molecule has 0 aliphatic heterocycles. The Hall–Kier alpha value is -4.16. The molecule has 2 rings (SSSR count). The third kappa shape index (κ3) is 5.71. The van der Waals surface area contributed by atoms with E-state index in [0.717, 1.165) is 36.4 Å². The molecule has 0 fully saturated rings. The van der Waals surface area contributed by atoms with Gasteiger partial charge in [-0.15, -0.1) is 0 Å². The number of carboxylic acids is 4. The smallest absolute Gasteiger partial charge is 0.335 e. The van der Waals surface area contributed by atoms with Crippen molar-refractivity contribution in [2.24, 2.45) is 0 Å². The summed E-state index contributed by atoms with van der Waals surface area (Å²) in [6.45, 7) is -0.284. The highest BCUT2D eigenvalue weighted by atomic mass is 16.4. The van der Waals surface area contributed by atoms with Crippen molar-refractivity contribution in [2.75, 3.05) is 13.1 Å². The first-order chi connectivity index (χ1) is 15.0. The summed E-state index contributed by atoms with van der Waals surface area (Å²) in [5.41, 5.74) is -0.856. The topological polar surface area (TPSA) is 214 Å². The molecule has 0 saturated heterocycles. The number of phenolic OH excluding ortho intramolecular Hbond substituents is 2. The highest BCUT2D eigenvalue weighted by molar-refractivity contribution is 5.89. The van der Waals surface area contributed by atoms with Crippen LogP contribution in [0.4, 0.5) is 0 Å². The minimum Gasteiger partial charge on any atom is -0.508 e. The number of hydrogen-bond donors (Lipinski definition) is 8. The quantitative estimate of drug-likeness (QED) is 0.222. The third-order valence-electron chi connectivity index (χ3n) is 4.49. The van der Waals surface area contributed by atoms with E-state index in [0.29, 0.717) is 0 Å². The van der Waals surface area contributed by atoms with E-state index in [-0.39, 0.29) is 35.3 Å². The van der Waals surface area contributed by atoms with Gasteiger partial charge in [0.05, 0.1) is 11.1 Å². The van der Waals surface area contributed by atoms with Crippen LogP contribution in [-0.4, -0.2) is 67.6 Å². The molecular weight excluding hydrogens is 428 g/mol. The summed E-state index contributed by atoms with van der Waals surface area (Å²) in [6, 6.07) is 3.33. The zero-order valence-corrected chi connectivity index (χ0v) is 16.3. The Kier molecular flexibility index (Phi) is 7.71. The first kappa shape index (κ1) is 24.1. The number of rotatable bonds is 11. The van der Waals surface area contributed by atoms with E-state index in [9.17, 15) is 39.6 Å². The maximum atomic E-state index is 11.6. The van der Waals surface area contributed by atoms with Crippen LogP contribution in [0.15, 0.2) is 36.4 Å². The van der Waals surface area contributed by atoms with Crippen molar-refractivity contribution < 1.29 is 49.8 Å². The van der Waals surface area contributed by atoms with Crippen LogP contribution in [0.5, 0.6) is 11.5 Å². The largest absolute Gasteiger partial charge is 0.508 e. The average molecular weight is 448 g/mol. The lowest BCUT2D eigenvalue weighted by molar-refractivity contribution is -0.141. The van der Waals surface area contributed by atoms with Crippen molar-refractivity contribution in [2.45, 2.75) is 12.1 Å². The summed E-state index contributed by atoms with van der Waals surface area (Å²) in [5.74, 6) is -6.34. The Morgan fingerprint density at radius 1 is 0.656 bits per heavy atom. The number of hydrogen-bond acceptors (Lipinski definition) is 8. The SMILES string of the molecule is O=C(O)c1ccc(O)c(C(NCCNC(C(=O)O)c2cc(C(=O)O)ccc2O)C(=O)O)c1. The molecule has 0 bridgehead atoms. The van der Waals surface area contributed by atoms with Gasteiger partial charge in [0.25, 0.3) is 0 Å². The molecule has 2 aromatic rings. The number of nitrogens with one attached hydrogen (secondary N) is 2. The minimum absolute atomic E-state index is 0.142.